The molecule has 0 fully saturated rings. The molecule has 13 heteroatoms. The third kappa shape index (κ3) is 7.94. The third-order valence-electron chi connectivity index (χ3n) is 7.42. The van der Waals surface area contributed by atoms with E-state index in [1.165, 1.54) is 0 Å². The van der Waals surface area contributed by atoms with E-state index in [1.54, 1.807) is 81.4 Å². The van der Waals surface area contributed by atoms with Crippen LogP contribution in [0.15, 0.2) is 76.8 Å². The lowest BCUT2D eigenvalue weighted by Crippen LogP contribution is -2.48. The van der Waals surface area contributed by atoms with Crippen molar-refractivity contribution in [1.82, 2.24) is 5.32 Å². The van der Waals surface area contributed by atoms with Crippen LogP contribution in [0.4, 0.5) is 5.69 Å². The van der Waals surface area contributed by atoms with Gasteiger partial charge in [0.05, 0.1) is 6.61 Å². The smallest absolute Gasteiger partial charge is 0.306 e. The van der Waals surface area contributed by atoms with E-state index in [4.69, 9.17) is 33.8 Å². The molecule has 13 nitrogen and oxygen atoms in total. The van der Waals surface area contributed by atoms with Crippen molar-refractivity contribution in [3.63, 3.8) is 0 Å². The average Bonchev–Trinajstić information content (AvgIpc) is 3.68. The van der Waals surface area contributed by atoms with Gasteiger partial charge in [0.1, 0.15) is 11.4 Å². The molecule has 0 aromatic heterocycles. The van der Waals surface area contributed by atoms with E-state index >= 15 is 0 Å². The van der Waals surface area contributed by atoms with Gasteiger partial charge in [-0.3, -0.25) is 9.59 Å². The Hall–Kier alpha value is -5.26. The van der Waals surface area contributed by atoms with Crippen molar-refractivity contribution < 1.29 is 38.4 Å². The molecule has 2 aliphatic heterocycles. The second-order valence-electron chi connectivity index (χ2n) is 12.0. The fraction of sp³-hybridized carbons (Fsp3) is 0.382. The first-order chi connectivity index (χ1) is 22.6. The molecule has 3 aromatic carbocycles. The molecule has 2 heterocycles. The Balaban J connectivity index is 1.54. The van der Waals surface area contributed by atoms with Gasteiger partial charge in [-0.1, -0.05) is 35.4 Å². The molecule has 1 amide bonds. The predicted octanol–water partition coefficient (Wildman–Crippen LogP) is 5.81. The van der Waals surface area contributed by atoms with Gasteiger partial charge in [0.25, 0.3) is 5.91 Å². The van der Waals surface area contributed by atoms with Crippen LogP contribution < -0.4 is 19.5 Å². The number of aliphatic imine (C=N–C) groups is 1. The van der Waals surface area contributed by atoms with Crippen LogP contribution >= 0.6 is 0 Å². The second-order valence-corrected chi connectivity index (χ2v) is 12.0. The van der Waals surface area contributed by atoms with Crippen molar-refractivity contribution in [3.8, 4) is 17.2 Å². The summed E-state index contributed by atoms with van der Waals surface area (Å²) in [6.07, 6.45) is -0.799. The Kier molecular flexibility index (Phi) is 10.2. The molecule has 0 spiro atoms. The Morgan fingerprint density at radius 3 is 2.62 bits per heavy atom. The Morgan fingerprint density at radius 2 is 1.87 bits per heavy atom. The molecule has 0 saturated carbocycles. The largest absolute Gasteiger partial charge is 0.494 e. The first-order valence-electron chi connectivity index (χ1n) is 15.3. The predicted molar refractivity (Wildman–Crippen MR) is 171 cm³/mol. The highest BCUT2D eigenvalue weighted by molar-refractivity contribution is 6.01. The highest BCUT2D eigenvalue weighted by Crippen LogP contribution is 2.46. The fourth-order valence-electron chi connectivity index (χ4n) is 5.27. The summed E-state index contributed by atoms with van der Waals surface area (Å²) in [6, 6.07) is 19.1. The number of nitrogens with one attached hydrogen (secondary N) is 1. The van der Waals surface area contributed by atoms with Crippen LogP contribution in [0, 0.1) is 0 Å². The van der Waals surface area contributed by atoms with E-state index in [1.807, 2.05) is 6.07 Å². The van der Waals surface area contributed by atoms with Gasteiger partial charge in [-0.15, -0.1) is 0 Å². The number of ether oxygens (including phenoxy) is 5. The van der Waals surface area contributed by atoms with E-state index < -0.39 is 29.1 Å². The monoisotopic (exact) mass is 643 g/mol. The highest BCUT2D eigenvalue weighted by Gasteiger charge is 2.54. The van der Waals surface area contributed by atoms with Crippen LogP contribution in [0.2, 0.25) is 0 Å². The summed E-state index contributed by atoms with van der Waals surface area (Å²) in [6.45, 7) is 5.92. The van der Waals surface area contributed by atoms with Crippen LogP contribution in [0.1, 0.15) is 62.8 Å². The SMILES string of the molecule is CC(C)(C)OC(=O)CC[C@@]1(C(=O)NCc2ccc3c(c2)OCO3)N=C(c2ccc(OCCCO)cc2)O[C@@H]1c1ccccc1N=[N+]=[N-]. The summed E-state index contributed by atoms with van der Waals surface area (Å²) in [5.41, 5.74) is 8.93. The summed E-state index contributed by atoms with van der Waals surface area (Å²) in [4.78, 5) is 35.4. The fourth-order valence-corrected chi connectivity index (χ4v) is 5.27. The van der Waals surface area contributed by atoms with Crippen molar-refractivity contribution in [1.29, 1.82) is 0 Å². The maximum Gasteiger partial charge on any atom is 0.306 e. The normalized spacial score (nSPS) is 18.0. The molecule has 2 atom stereocenters. The number of benzene rings is 3. The van der Waals surface area contributed by atoms with Gasteiger partial charge in [-0.25, -0.2) is 4.99 Å². The first-order valence-corrected chi connectivity index (χ1v) is 15.3. The number of nitrogens with zero attached hydrogens (tertiary/aromatic N) is 4. The molecule has 2 N–H and O–H groups in total. The van der Waals surface area contributed by atoms with Crippen molar-refractivity contribution in [3.05, 3.63) is 93.9 Å². The van der Waals surface area contributed by atoms with E-state index in [9.17, 15) is 15.1 Å². The van der Waals surface area contributed by atoms with Crippen molar-refractivity contribution in [2.75, 3.05) is 20.0 Å². The second kappa shape index (κ2) is 14.4. The van der Waals surface area contributed by atoms with Gasteiger partial charge < -0.3 is 34.1 Å². The highest BCUT2D eigenvalue weighted by atomic mass is 16.7. The Bertz CT molecular complexity index is 1680. The number of hydrogen-bond acceptors (Lipinski definition) is 10. The minimum absolute atomic E-state index is 0.0174. The van der Waals surface area contributed by atoms with Gasteiger partial charge in [-0.2, -0.15) is 0 Å². The van der Waals surface area contributed by atoms with E-state index in [0.29, 0.717) is 41.4 Å². The molecule has 5 rings (SSSR count). The summed E-state index contributed by atoms with van der Waals surface area (Å²) in [7, 11) is 0. The van der Waals surface area contributed by atoms with Crippen LogP contribution in [0.5, 0.6) is 17.2 Å². The maximum absolute atomic E-state index is 14.5. The lowest BCUT2D eigenvalue weighted by Gasteiger charge is -2.31. The number of amides is 1. The molecular formula is C34H37N5O8. The van der Waals surface area contributed by atoms with Gasteiger partial charge in [0, 0.05) is 47.7 Å². The zero-order chi connectivity index (χ0) is 33.4. The van der Waals surface area contributed by atoms with Crippen molar-refractivity contribution >= 4 is 23.5 Å². The number of aliphatic hydroxyl groups excluding tert-OH is 1. The van der Waals surface area contributed by atoms with E-state index in [-0.39, 0.29) is 44.4 Å². The molecule has 2 aliphatic rings. The van der Waals surface area contributed by atoms with E-state index in [2.05, 4.69) is 15.3 Å². The number of fused-ring (bicyclic) bond motifs is 1. The van der Waals surface area contributed by atoms with Gasteiger partial charge >= 0.3 is 5.97 Å². The van der Waals surface area contributed by atoms with Crippen LogP contribution in [0.3, 0.4) is 0 Å². The molecule has 3 aromatic rings. The number of hydrogen-bond donors (Lipinski definition) is 2. The third-order valence-corrected chi connectivity index (χ3v) is 7.42. The number of aliphatic hydroxyl groups is 1. The minimum Gasteiger partial charge on any atom is -0.494 e. The summed E-state index contributed by atoms with van der Waals surface area (Å²) in [5, 5.41) is 15.9. The van der Waals surface area contributed by atoms with Crippen LogP contribution in [-0.2, 0) is 25.6 Å². The van der Waals surface area contributed by atoms with Crippen LogP contribution in [-0.4, -0.2) is 54.0 Å². The Labute approximate surface area is 272 Å². The number of rotatable bonds is 13. The first kappa shape index (κ1) is 33.1. The molecule has 0 aliphatic carbocycles. The number of carbonyl (C=O) groups excluding carboxylic acids is 2. The lowest BCUT2D eigenvalue weighted by molar-refractivity contribution is -0.155. The van der Waals surface area contributed by atoms with Gasteiger partial charge in [0.15, 0.2) is 23.1 Å². The minimum atomic E-state index is -1.67. The van der Waals surface area contributed by atoms with Crippen molar-refractivity contribution in [2.24, 2.45) is 10.1 Å². The molecule has 0 radical (unpaired) electrons. The number of esters is 1. The standard InChI is InChI=1S/C34H37N5O8/c1-33(2,3)47-29(41)15-16-34(32(42)36-20-22-9-14-27-28(19-22)45-21-44-27)30(25-7-4-5-8-26(25)38-39-35)46-31(37-34)23-10-12-24(13-11-23)43-18-6-17-40/h4-5,7-14,19,30,40H,6,15-18,20-21H2,1-3H3,(H,36,42)/t30-,34-/m1/s1. The molecular weight excluding hydrogens is 606 g/mol. The number of carbonyl (C=O) groups is 2. The molecule has 0 saturated heterocycles. The molecule has 47 heavy (non-hydrogen) atoms. The molecule has 0 unspecified atom stereocenters. The number of azide groups is 1. The Morgan fingerprint density at radius 1 is 1.11 bits per heavy atom. The topological polar surface area (TPSA) is 174 Å². The zero-order valence-electron chi connectivity index (χ0n) is 26.5. The maximum atomic E-state index is 14.5. The van der Waals surface area contributed by atoms with Crippen molar-refractivity contribution in [2.45, 2.75) is 63.8 Å². The quantitative estimate of drug-likeness (QED) is 0.0771. The van der Waals surface area contributed by atoms with Gasteiger partial charge in [-0.05, 0) is 74.7 Å². The van der Waals surface area contributed by atoms with Crippen LogP contribution in [0.25, 0.3) is 10.4 Å². The molecule has 246 valence electrons. The lowest BCUT2D eigenvalue weighted by atomic mass is 9.82. The molecule has 0 bridgehead atoms. The summed E-state index contributed by atoms with van der Waals surface area (Å²) < 4.78 is 28.6. The average molecular weight is 644 g/mol. The zero-order valence-corrected chi connectivity index (χ0v) is 26.5. The van der Waals surface area contributed by atoms with E-state index in [0.717, 1.165) is 5.56 Å². The summed E-state index contributed by atoms with van der Waals surface area (Å²) >= 11 is 0. The van der Waals surface area contributed by atoms with Gasteiger partial charge in [0.2, 0.25) is 12.7 Å². The summed E-state index contributed by atoms with van der Waals surface area (Å²) in [5.74, 6) is 0.936.